The van der Waals surface area contributed by atoms with Crippen molar-refractivity contribution < 1.29 is 14.3 Å². The van der Waals surface area contributed by atoms with Gasteiger partial charge in [-0.05, 0) is 24.7 Å². The van der Waals surface area contributed by atoms with Gasteiger partial charge in [-0.25, -0.2) is 0 Å². The quantitative estimate of drug-likeness (QED) is 0.747. The standard InChI is InChI=1S/C15H16BrN3O3S/c1-18-14(20)15(23)5-8(6-17)13(19(15)2)9-3-11-12(4-10(9)16)22-7-21-11/h3-4,8,13,23H,5,7H2,1-2H3,(H,18,20). The fourth-order valence-corrected chi connectivity index (χ4v) is 4.21. The average molecular weight is 398 g/mol. The van der Waals surface area contributed by atoms with Crippen LogP contribution in [0.15, 0.2) is 16.6 Å². The van der Waals surface area contributed by atoms with Crippen molar-refractivity contribution in [2.45, 2.75) is 17.3 Å². The molecule has 0 radical (unpaired) electrons. The minimum atomic E-state index is -1.03. The van der Waals surface area contributed by atoms with Crippen LogP contribution in [0.4, 0.5) is 0 Å². The van der Waals surface area contributed by atoms with Crippen molar-refractivity contribution in [2.75, 3.05) is 20.9 Å². The summed E-state index contributed by atoms with van der Waals surface area (Å²) in [6.07, 6.45) is 0.342. The first-order chi connectivity index (χ1) is 10.9. The molecular formula is C15H16BrN3O3S. The molecule has 0 aliphatic carbocycles. The molecule has 3 unspecified atom stereocenters. The lowest BCUT2D eigenvalue weighted by Crippen LogP contribution is -2.49. The predicted octanol–water partition coefficient (Wildman–Crippen LogP) is 2.07. The molecule has 8 heteroatoms. The van der Waals surface area contributed by atoms with Crippen molar-refractivity contribution in [3.8, 4) is 17.6 Å². The van der Waals surface area contributed by atoms with Gasteiger partial charge in [-0.15, -0.1) is 12.6 Å². The van der Waals surface area contributed by atoms with Crippen molar-refractivity contribution >= 4 is 34.5 Å². The van der Waals surface area contributed by atoms with Crippen LogP contribution in [0.25, 0.3) is 0 Å². The van der Waals surface area contributed by atoms with Gasteiger partial charge in [-0.3, -0.25) is 9.69 Å². The van der Waals surface area contributed by atoms with Crippen LogP contribution in [0.2, 0.25) is 0 Å². The number of likely N-dealkylation sites (tertiary alicyclic amines) is 1. The third-order valence-electron chi connectivity index (χ3n) is 4.45. The van der Waals surface area contributed by atoms with Crippen LogP contribution in [0.3, 0.4) is 0 Å². The minimum Gasteiger partial charge on any atom is -0.454 e. The molecule has 3 rings (SSSR count). The summed E-state index contributed by atoms with van der Waals surface area (Å²) in [6.45, 7) is 0.183. The second kappa shape index (κ2) is 5.89. The average Bonchev–Trinajstić information content (AvgIpc) is 3.09. The number of amides is 1. The Morgan fingerprint density at radius 3 is 2.78 bits per heavy atom. The summed E-state index contributed by atoms with van der Waals surface area (Å²) in [7, 11) is 3.38. The van der Waals surface area contributed by atoms with E-state index in [-0.39, 0.29) is 24.7 Å². The Hall–Kier alpha value is -1.43. The number of halogens is 1. The van der Waals surface area contributed by atoms with E-state index >= 15 is 0 Å². The highest BCUT2D eigenvalue weighted by Gasteiger charge is 2.53. The van der Waals surface area contributed by atoms with Gasteiger partial charge in [0, 0.05) is 17.9 Å². The van der Waals surface area contributed by atoms with Crippen LogP contribution in [-0.2, 0) is 4.79 Å². The summed E-state index contributed by atoms with van der Waals surface area (Å²) in [5.74, 6) is 0.720. The highest BCUT2D eigenvalue weighted by atomic mass is 79.9. The second-order valence-corrected chi connectivity index (χ2v) is 7.21. The molecule has 6 nitrogen and oxygen atoms in total. The molecular weight excluding hydrogens is 382 g/mol. The van der Waals surface area contributed by atoms with E-state index in [1.54, 1.807) is 14.1 Å². The monoisotopic (exact) mass is 397 g/mol. The first-order valence-electron chi connectivity index (χ1n) is 7.08. The summed E-state index contributed by atoms with van der Waals surface area (Å²) < 4.78 is 11.6. The zero-order valence-electron chi connectivity index (χ0n) is 12.7. The van der Waals surface area contributed by atoms with E-state index in [1.165, 1.54) is 0 Å². The normalized spacial score (nSPS) is 29.3. The number of thiol groups is 1. The lowest BCUT2D eigenvalue weighted by Gasteiger charge is -2.33. The maximum atomic E-state index is 12.3. The van der Waals surface area contributed by atoms with Crippen LogP contribution < -0.4 is 14.8 Å². The molecule has 2 aliphatic heterocycles. The number of nitriles is 1. The Kier molecular flexibility index (Phi) is 4.21. The smallest absolute Gasteiger partial charge is 0.250 e. The number of fused-ring (bicyclic) bond motifs is 1. The van der Waals surface area contributed by atoms with E-state index in [1.807, 2.05) is 17.0 Å². The SMILES string of the molecule is CNC(=O)C1(S)CC(C#N)C(c2cc3c(cc2Br)OCO3)N1C. The van der Waals surface area contributed by atoms with Crippen molar-refractivity contribution in [3.63, 3.8) is 0 Å². The molecule has 1 aromatic carbocycles. The topological polar surface area (TPSA) is 74.6 Å². The van der Waals surface area contributed by atoms with Gasteiger partial charge in [0.1, 0.15) is 4.87 Å². The maximum absolute atomic E-state index is 12.3. The molecule has 2 aliphatic rings. The number of nitrogens with one attached hydrogen (secondary N) is 1. The summed E-state index contributed by atoms with van der Waals surface area (Å²) in [4.78, 5) is 13.1. The van der Waals surface area contributed by atoms with Gasteiger partial charge >= 0.3 is 0 Å². The van der Waals surface area contributed by atoms with E-state index in [0.29, 0.717) is 17.9 Å². The summed E-state index contributed by atoms with van der Waals surface area (Å²) in [5.41, 5.74) is 0.878. The lowest BCUT2D eigenvalue weighted by atomic mass is 9.94. The predicted molar refractivity (Wildman–Crippen MR) is 90.3 cm³/mol. The number of benzene rings is 1. The van der Waals surface area contributed by atoms with Gasteiger partial charge < -0.3 is 14.8 Å². The summed E-state index contributed by atoms with van der Waals surface area (Å²) >= 11 is 8.12. The van der Waals surface area contributed by atoms with Gasteiger partial charge in [0.25, 0.3) is 5.91 Å². The van der Waals surface area contributed by atoms with Gasteiger partial charge in [0.2, 0.25) is 6.79 Å². The molecule has 0 bridgehead atoms. The number of carbonyl (C=O) groups excluding carboxylic acids is 1. The second-order valence-electron chi connectivity index (χ2n) is 5.62. The molecule has 122 valence electrons. The molecule has 1 saturated heterocycles. The van der Waals surface area contributed by atoms with Crippen molar-refractivity contribution in [1.29, 1.82) is 5.26 Å². The number of hydrogen-bond acceptors (Lipinski definition) is 6. The van der Waals surface area contributed by atoms with Gasteiger partial charge in [0.05, 0.1) is 18.0 Å². The number of carbonyl (C=O) groups is 1. The Labute approximate surface area is 148 Å². The first kappa shape index (κ1) is 16.4. The van der Waals surface area contributed by atoms with Crippen LogP contribution in [0.1, 0.15) is 18.0 Å². The zero-order valence-corrected chi connectivity index (χ0v) is 15.1. The molecule has 0 spiro atoms. The summed E-state index contributed by atoms with van der Waals surface area (Å²) in [6, 6.07) is 5.72. The van der Waals surface area contributed by atoms with Crippen LogP contribution >= 0.6 is 28.6 Å². The lowest BCUT2D eigenvalue weighted by molar-refractivity contribution is -0.126. The highest BCUT2D eigenvalue weighted by molar-refractivity contribution is 9.10. The molecule has 3 atom stereocenters. The molecule has 1 amide bonds. The van der Waals surface area contributed by atoms with Crippen molar-refractivity contribution in [2.24, 2.45) is 5.92 Å². The molecule has 2 heterocycles. The molecule has 1 N–H and O–H groups in total. The fourth-order valence-electron chi connectivity index (χ4n) is 3.22. The molecule has 1 fully saturated rings. The van der Waals surface area contributed by atoms with Gasteiger partial charge in [0.15, 0.2) is 11.5 Å². The van der Waals surface area contributed by atoms with Crippen LogP contribution in [0.5, 0.6) is 11.5 Å². The third kappa shape index (κ3) is 2.47. The highest BCUT2D eigenvalue weighted by Crippen LogP contribution is 2.51. The minimum absolute atomic E-state index is 0.183. The maximum Gasteiger partial charge on any atom is 0.250 e. The van der Waals surface area contributed by atoms with E-state index in [0.717, 1.165) is 10.0 Å². The Morgan fingerprint density at radius 1 is 1.52 bits per heavy atom. The number of ether oxygens (including phenoxy) is 2. The van der Waals surface area contributed by atoms with E-state index in [2.05, 4.69) is 39.9 Å². The Balaban J connectivity index is 2.05. The van der Waals surface area contributed by atoms with E-state index < -0.39 is 4.87 Å². The molecule has 0 aromatic heterocycles. The fraction of sp³-hybridized carbons (Fsp3) is 0.467. The zero-order chi connectivity index (χ0) is 16.8. The van der Waals surface area contributed by atoms with Crippen molar-refractivity contribution in [1.82, 2.24) is 10.2 Å². The van der Waals surface area contributed by atoms with Crippen molar-refractivity contribution in [3.05, 3.63) is 22.2 Å². The largest absolute Gasteiger partial charge is 0.454 e. The molecule has 1 aromatic rings. The Morgan fingerprint density at radius 2 is 2.17 bits per heavy atom. The van der Waals surface area contributed by atoms with Crippen LogP contribution in [0, 0.1) is 17.2 Å². The van der Waals surface area contributed by atoms with E-state index in [9.17, 15) is 10.1 Å². The van der Waals surface area contributed by atoms with Gasteiger partial charge in [-0.2, -0.15) is 5.26 Å². The van der Waals surface area contributed by atoms with E-state index in [4.69, 9.17) is 9.47 Å². The first-order valence-corrected chi connectivity index (χ1v) is 8.32. The number of likely N-dealkylation sites (N-methyl/N-ethyl adjacent to an activating group) is 2. The number of hydrogen-bond donors (Lipinski definition) is 2. The Bertz CT molecular complexity index is 708. The number of nitrogens with zero attached hydrogens (tertiary/aromatic N) is 2. The third-order valence-corrected chi connectivity index (χ3v) is 5.84. The molecule has 23 heavy (non-hydrogen) atoms. The van der Waals surface area contributed by atoms with Gasteiger partial charge in [-0.1, -0.05) is 15.9 Å². The molecule has 0 saturated carbocycles. The number of rotatable bonds is 2. The summed E-state index contributed by atoms with van der Waals surface area (Å²) in [5, 5.41) is 12.2. The van der Waals surface area contributed by atoms with Crippen LogP contribution in [-0.4, -0.2) is 36.6 Å².